The number of aromatic nitrogens is 3. The number of nitrogens with two attached hydrogens (primary N) is 1. The Labute approximate surface area is 161 Å². The molecule has 7 heteroatoms. The molecule has 0 atom stereocenters. The summed E-state index contributed by atoms with van der Waals surface area (Å²) in [6, 6.07) is 17.2. The molecule has 0 saturated carbocycles. The summed E-state index contributed by atoms with van der Waals surface area (Å²) in [5, 5.41) is 7.74. The number of rotatable bonds is 5. The second kappa shape index (κ2) is 7.03. The number of amides is 1. The Bertz CT molecular complexity index is 1150. The molecule has 1 amide bonds. The Balaban J connectivity index is 1.84. The number of hydrogen-bond donors (Lipinski definition) is 2. The van der Waals surface area contributed by atoms with Crippen LogP contribution in [0, 0.1) is 6.92 Å². The lowest BCUT2D eigenvalue weighted by Crippen LogP contribution is -2.13. The molecule has 0 unspecified atom stereocenters. The predicted molar refractivity (Wildman–Crippen MR) is 108 cm³/mol. The Morgan fingerprint density at radius 3 is 2.43 bits per heavy atom. The zero-order valence-electron chi connectivity index (χ0n) is 15.5. The summed E-state index contributed by atoms with van der Waals surface area (Å²) < 4.78 is 6.81. The molecular formula is C21H19N5O2. The van der Waals surface area contributed by atoms with Crippen LogP contribution in [0.4, 0.5) is 11.5 Å². The van der Waals surface area contributed by atoms with Gasteiger partial charge in [-0.15, -0.1) is 5.10 Å². The van der Waals surface area contributed by atoms with Gasteiger partial charge in [0, 0.05) is 17.4 Å². The van der Waals surface area contributed by atoms with Crippen LogP contribution in [-0.4, -0.2) is 27.6 Å². The number of aryl methyl sites for hydroxylation is 1. The average Bonchev–Trinajstić information content (AvgIpc) is 3.07. The van der Waals surface area contributed by atoms with Gasteiger partial charge in [0.1, 0.15) is 11.3 Å². The minimum Gasteiger partial charge on any atom is -0.497 e. The highest BCUT2D eigenvalue weighted by Crippen LogP contribution is 2.27. The van der Waals surface area contributed by atoms with Gasteiger partial charge < -0.3 is 15.8 Å². The van der Waals surface area contributed by atoms with Gasteiger partial charge in [-0.05, 0) is 37.3 Å². The van der Waals surface area contributed by atoms with Crippen LogP contribution in [0.15, 0.2) is 60.8 Å². The minimum absolute atomic E-state index is 0.241. The van der Waals surface area contributed by atoms with Crippen LogP contribution < -0.4 is 15.8 Å². The summed E-state index contributed by atoms with van der Waals surface area (Å²) in [7, 11) is 1.61. The molecule has 140 valence electrons. The van der Waals surface area contributed by atoms with E-state index in [0.717, 1.165) is 28.3 Å². The van der Waals surface area contributed by atoms with E-state index < -0.39 is 5.91 Å². The molecule has 7 nitrogen and oxygen atoms in total. The van der Waals surface area contributed by atoms with Crippen LogP contribution in [0.3, 0.4) is 0 Å². The lowest BCUT2D eigenvalue weighted by Gasteiger charge is -2.05. The molecular weight excluding hydrogens is 354 g/mol. The van der Waals surface area contributed by atoms with Gasteiger partial charge >= 0.3 is 0 Å². The molecule has 0 aliphatic carbocycles. The summed E-state index contributed by atoms with van der Waals surface area (Å²) in [5.41, 5.74) is 9.98. The molecule has 28 heavy (non-hydrogen) atoms. The maximum atomic E-state index is 12.1. The first-order valence-electron chi connectivity index (χ1n) is 8.72. The summed E-state index contributed by atoms with van der Waals surface area (Å²) in [5.74, 6) is 0.489. The molecule has 4 rings (SSSR count). The second-order valence-electron chi connectivity index (χ2n) is 6.37. The molecule has 3 N–H and O–H groups in total. The fourth-order valence-corrected chi connectivity index (χ4v) is 3.01. The minimum atomic E-state index is -0.598. The van der Waals surface area contributed by atoms with Crippen molar-refractivity contribution >= 4 is 23.1 Å². The molecule has 0 aliphatic rings. The topological polar surface area (TPSA) is 94.5 Å². The van der Waals surface area contributed by atoms with Crippen molar-refractivity contribution in [2.24, 2.45) is 5.73 Å². The summed E-state index contributed by atoms with van der Waals surface area (Å²) in [6.07, 6.45) is 1.65. The van der Waals surface area contributed by atoms with Crippen LogP contribution in [0.5, 0.6) is 5.75 Å². The first-order valence-corrected chi connectivity index (χ1v) is 8.72. The van der Waals surface area contributed by atoms with Gasteiger partial charge in [-0.2, -0.15) is 0 Å². The second-order valence-corrected chi connectivity index (χ2v) is 6.37. The molecule has 2 heterocycles. The molecule has 0 radical (unpaired) electrons. The summed E-state index contributed by atoms with van der Waals surface area (Å²) in [6.45, 7) is 2.03. The van der Waals surface area contributed by atoms with Crippen LogP contribution in [0.25, 0.3) is 16.9 Å². The molecule has 2 aromatic heterocycles. The van der Waals surface area contributed by atoms with E-state index in [0.29, 0.717) is 11.5 Å². The standard InChI is InChI=1S/C21H19N5O2/c1-13-3-5-14(6-4-13)17-11-12-23-21-18(19(22)27)20(25-26(17)21)24-15-7-9-16(28-2)10-8-15/h3-12H,1-2H3,(H2,22,27)(H,24,25). The van der Waals surface area contributed by atoms with Crippen molar-refractivity contribution in [2.75, 3.05) is 12.4 Å². The fourth-order valence-electron chi connectivity index (χ4n) is 3.01. The van der Waals surface area contributed by atoms with E-state index in [9.17, 15) is 4.79 Å². The van der Waals surface area contributed by atoms with Gasteiger partial charge in [-0.3, -0.25) is 4.79 Å². The maximum absolute atomic E-state index is 12.1. The zero-order chi connectivity index (χ0) is 19.7. The number of anilines is 2. The van der Waals surface area contributed by atoms with Crippen molar-refractivity contribution < 1.29 is 9.53 Å². The van der Waals surface area contributed by atoms with Crippen molar-refractivity contribution in [3.8, 4) is 17.0 Å². The predicted octanol–water partition coefficient (Wildman–Crippen LogP) is 3.56. The third-order valence-electron chi connectivity index (χ3n) is 4.46. The third kappa shape index (κ3) is 3.14. The Hall–Kier alpha value is -3.87. The number of methoxy groups -OCH3 is 1. The van der Waals surface area contributed by atoms with Gasteiger partial charge in [0.25, 0.3) is 5.91 Å². The SMILES string of the molecule is COc1ccc(Nc2nn3c(-c4ccc(C)cc4)ccnc3c2C(N)=O)cc1. The van der Waals surface area contributed by atoms with E-state index in [1.807, 2.05) is 61.5 Å². The quantitative estimate of drug-likeness (QED) is 0.558. The van der Waals surface area contributed by atoms with E-state index in [1.54, 1.807) is 17.8 Å². The molecule has 0 saturated heterocycles. The number of carbonyl (C=O) groups excluding carboxylic acids is 1. The molecule has 0 bridgehead atoms. The Morgan fingerprint density at radius 1 is 1.07 bits per heavy atom. The Morgan fingerprint density at radius 2 is 1.79 bits per heavy atom. The van der Waals surface area contributed by atoms with E-state index >= 15 is 0 Å². The van der Waals surface area contributed by atoms with Gasteiger partial charge in [0.15, 0.2) is 11.5 Å². The number of nitrogens with zero attached hydrogens (tertiary/aromatic N) is 3. The van der Waals surface area contributed by atoms with Crippen molar-refractivity contribution in [1.82, 2.24) is 14.6 Å². The number of benzene rings is 2. The number of primary amides is 1. The van der Waals surface area contributed by atoms with Crippen LogP contribution in [0.1, 0.15) is 15.9 Å². The van der Waals surface area contributed by atoms with Crippen LogP contribution >= 0.6 is 0 Å². The largest absolute Gasteiger partial charge is 0.497 e. The van der Waals surface area contributed by atoms with E-state index in [4.69, 9.17) is 10.5 Å². The lowest BCUT2D eigenvalue weighted by atomic mass is 10.1. The smallest absolute Gasteiger partial charge is 0.256 e. The first kappa shape index (κ1) is 17.5. The first-order chi connectivity index (χ1) is 13.6. The van der Waals surface area contributed by atoms with Crippen molar-refractivity contribution in [2.45, 2.75) is 6.92 Å². The highest BCUT2D eigenvalue weighted by molar-refractivity contribution is 6.04. The summed E-state index contributed by atoms with van der Waals surface area (Å²) >= 11 is 0. The number of hydrogen-bond acceptors (Lipinski definition) is 5. The maximum Gasteiger partial charge on any atom is 0.256 e. The van der Waals surface area contributed by atoms with Crippen molar-refractivity contribution in [3.63, 3.8) is 0 Å². The lowest BCUT2D eigenvalue weighted by molar-refractivity contribution is 0.100. The normalized spacial score (nSPS) is 10.8. The van der Waals surface area contributed by atoms with Gasteiger partial charge in [-0.25, -0.2) is 9.50 Å². The highest BCUT2D eigenvalue weighted by atomic mass is 16.5. The van der Waals surface area contributed by atoms with Crippen molar-refractivity contribution in [1.29, 1.82) is 0 Å². The van der Waals surface area contributed by atoms with E-state index in [-0.39, 0.29) is 5.56 Å². The monoisotopic (exact) mass is 373 g/mol. The molecule has 0 fully saturated rings. The third-order valence-corrected chi connectivity index (χ3v) is 4.46. The van der Waals surface area contributed by atoms with E-state index in [1.165, 1.54) is 0 Å². The number of fused-ring (bicyclic) bond motifs is 1. The molecule has 2 aromatic carbocycles. The summed E-state index contributed by atoms with van der Waals surface area (Å²) in [4.78, 5) is 16.5. The van der Waals surface area contributed by atoms with Gasteiger partial charge in [0.2, 0.25) is 0 Å². The fraction of sp³-hybridized carbons (Fsp3) is 0.0952. The molecule has 4 aromatic rings. The number of ether oxygens (including phenoxy) is 1. The van der Waals surface area contributed by atoms with E-state index in [2.05, 4.69) is 15.4 Å². The number of nitrogens with one attached hydrogen (secondary N) is 1. The zero-order valence-corrected chi connectivity index (χ0v) is 15.5. The highest BCUT2D eigenvalue weighted by Gasteiger charge is 2.21. The van der Waals surface area contributed by atoms with Gasteiger partial charge in [-0.1, -0.05) is 29.8 Å². The van der Waals surface area contributed by atoms with Crippen LogP contribution in [-0.2, 0) is 0 Å². The average molecular weight is 373 g/mol. The molecule has 0 spiro atoms. The molecule has 0 aliphatic heterocycles. The van der Waals surface area contributed by atoms with Gasteiger partial charge in [0.05, 0.1) is 12.8 Å². The number of carbonyl (C=O) groups is 1. The van der Waals surface area contributed by atoms with Crippen molar-refractivity contribution in [3.05, 3.63) is 71.9 Å². The van der Waals surface area contributed by atoms with Crippen LogP contribution in [0.2, 0.25) is 0 Å². The Kier molecular flexibility index (Phi) is 4.41.